The zero-order chi connectivity index (χ0) is 10.3. The molecular weight excluding hydrogens is 326 g/mol. The zero-order valence-electron chi connectivity index (χ0n) is 7.80. The van der Waals surface area contributed by atoms with Gasteiger partial charge in [-0.2, -0.15) is 0 Å². The summed E-state index contributed by atoms with van der Waals surface area (Å²) in [6.07, 6.45) is 0.0687. The third kappa shape index (κ3) is 6.33. The molecule has 5 heteroatoms. The molecule has 0 rings (SSSR count). The molecule has 3 atom stereocenters. The van der Waals surface area contributed by atoms with Gasteiger partial charge in [0.05, 0.1) is 22.7 Å². The van der Waals surface area contributed by atoms with Crippen molar-refractivity contribution in [2.75, 3.05) is 25.5 Å². The lowest BCUT2D eigenvalue weighted by Crippen LogP contribution is -2.32. The molecule has 0 radical (unpaired) electrons. The van der Waals surface area contributed by atoms with Crippen LogP contribution in [0.5, 0.6) is 0 Å². The number of halogens is 3. The van der Waals surface area contributed by atoms with Gasteiger partial charge in [-0.05, 0) is 6.92 Å². The van der Waals surface area contributed by atoms with Crippen molar-refractivity contribution in [2.45, 2.75) is 23.1 Å². The maximum Gasteiger partial charge on any atom is 0.0844 e. The molecule has 0 aliphatic carbocycles. The Hall–Kier alpha value is 1.23. The summed E-state index contributed by atoms with van der Waals surface area (Å²) in [5, 5.41) is 0. The van der Waals surface area contributed by atoms with Gasteiger partial charge in [-0.25, -0.2) is 0 Å². The van der Waals surface area contributed by atoms with Crippen LogP contribution >= 0.6 is 45.8 Å². The maximum absolute atomic E-state index is 5.76. The van der Waals surface area contributed by atoms with Gasteiger partial charge in [0.25, 0.3) is 0 Å². The van der Waals surface area contributed by atoms with Gasteiger partial charge in [-0.15, -0.1) is 23.2 Å². The zero-order valence-corrected chi connectivity index (χ0v) is 11.5. The minimum Gasteiger partial charge on any atom is -0.382 e. The Morgan fingerprint density at radius 1 is 1.31 bits per heavy atom. The third-order valence-electron chi connectivity index (χ3n) is 1.51. The molecule has 13 heavy (non-hydrogen) atoms. The maximum atomic E-state index is 5.76. The van der Waals surface area contributed by atoms with Gasteiger partial charge in [0.15, 0.2) is 0 Å². The Morgan fingerprint density at radius 3 is 2.31 bits per heavy atom. The monoisotopic (exact) mass is 340 g/mol. The van der Waals surface area contributed by atoms with Crippen LogP contribution in [-0.2, 0) is 9.47 Å². The van der Waals surface area contributed by atoms with Crippen LogP contribution in [0.1, 0.15) is 6.92 Å². The average Bonchev–Trinajstić information content (AvgIpc) is 2.13. The number of hydrogen-bond acceptors (Lipinski definition) is 2. The molecule has 3 unspecified atom stereocenters. The van der Waals surface area contributed by atoms with Gasteiger partial charge in [0.2, 0.25) is 0 Å². The number of ether oxygens (including phenoxy) is 2. The molecule has 0 amide bonds. The smallest absolute Gasteiger partial charge is 0.0844 e. The van der Waals surface area contributed by atoms with Gasteiger partial charge in [0.1, 0.15) is 0 Å². The molecule has 0 N–H and O–H groups in total. The fourth-order valence-electron chi connectivity index (χ4n) is 0.890. The van der Waals surface area contributed by atoms with Crippen LogP contribution < -0.4 is 0 Å². The second kappa shape index (κ2) is 8.53. The van der Waals surface area contributed by atoms with E-state index < -0.39 is 0 Å². The van der Waals surface area contributed by atoms with E-state index >= 15 is 0 Å². The molecule has 0 heterocycles. The number of methoxy groups -OCH3 is 1. The van der Waals surface area contributed by atoms with Crippen molar-refractivity contribution in [3.8, 4) is 0 Å². The Labute approximate surface area is 103 Å². The number of hydrogen-bond donors (Lipinski definition) is 0. The van der Waals surface area contributed by atoms with E-state index in [0.29, 0.717) is 18.4 Å². The Balaban J connectivity index is 3.82. The fourth-order valence-corrected chi connectivity index (χ4v) is 2.10. The first-order valence-electron chi connectivity index (χ1n) is 4.06. The summed E-state index contributed by atoms with van der Waals surface area (Å²) >= 11 is 13.7. The SMILES string of the molecule is COCC(C)OC(CCl)C(I)CCl. The van der Waals surface area contributed by atoms with Crippen molar-refractivity contribution >= 4 is 45.8 Å². The molecule has 0 spiro atoms. The quantitative estimate of drug-likeness (QED) is 0.524. The summed E-state index contributed by atoms with van der Waals surface area (Å²) in [5.41, 5.74) is 0. The molecule has 0 bridgehead atoms. The van der Waals surface area contributed by atoms with Gasteiger partial charge >= 0.3 is 0 Å². The highest BCUT2D eigenvalue weighted by Gasteiger charge is 2.20. The molecule has 80 valence electrons. The summed E-state index contributed by atoms with van der Waals surface area (Å²) in [4.78, 5) is 0. The summed E-state index contributed by atoms with van der Waals surface area (Å²) in [7, 11) is 1.65. The Kier molecular flexibility index (Phi) is 9.34. The van der Waals surface area contributed by atoms with Crippen LogP contribution in [-0.4, -0.2) is 41.6 Å². The summed E-state index contributed by atoms with van der Waals surface area (Å²) in [6.45, 7) is 2.54. The van der Waals surface area contributed by atoms with Crippen LogP contribution in [0.15, 0.2) is 0 Å². The van der Waals surface area contributed by atoms with Crippen LogP contribution in [0.2, 0.25) is 0 Å². The predicted molar refractivity (Wildman–Crippen MR) is 65.5 cm³/mol. The van der Waals surface area contributed by atoms with Crippen LogP contribution in [0.4, 0.5) is 0 Å². The first kappa shape index (κ1) is 14.2. The molecular formula is C8H15Cl2IO2. The molecule has 0 fully saturated rings. The molecule has 0 saturated carbocycles. The Morgan fingerprint density at radius 2 is 1.92 bits per heavy atom. The van der Waals surface area contributed by atoms with Crippen molar-refractivity contribution < 1.29 is 9.47 Å². The van der Waals surface area contributed by atoms with Crippen molar-refractivity contribution in [3.05, 3.63) is 0 Å². The van der Waals surface area contributed by atoms with Crippen molar-refractivity contribution in [3.63, 3.8) is 0 Å². The first-order chi connectivity index (χ1) is 6.15. The van der Waals surface area contributed by atoms with E-state index in [4.69, 9.17) is 32.7 Å². The molecule has 0 saturated heterocycles. The standard InChI is InChI=1S/C8H15Cl2IO2/c1-6(5-12-2)13-8(4-10)7(11)3-9/h6-8H,3-5H2,1-2H3. The van der Waals surface area contributed by atoms with Crippen LogP contribution in [0.25, 0.3) is 0 Å². The van der Waals surface area contributed by atoms with E-state index in [1.54, 1.807) is 7.11 Å². The lowest BCUT2D eigenvalue weighted by molar-refractivity contribution is -0.0264. The van der Waals surface area contributed by atoms with Crippen molar-refractivity contribution in [1.29, 1.82) is 0 Å². The van der Waals surface area contributed by atoms with E-state index in [-0.39, 0.29) is 16.1 Å². The normalized spacial score (nSPS) is 18.2. The lowest BCUT2D eigenvalue weighted by atomic mass is 10.3. The van der Waals surface area contributed by atoms with E-state index in [1.807, 2.05) is 6.92 Å². The number of alkyl halides is 3. The van der Waals surface area contributed by atoms with Crippen molar-refractivity contribution in [2.24, 2.45) is 0 Å². The highest BCUT2D eigenvalue weighted by molar-refractivity contribution is 14.1. The predicted octanol–water partition coefficient (Wildman–Crippen LogP) is 2.69. The second-order valence-electron chi connectivity index (χ2n) is 2.77. The summed E-state index contributed by atoms with van der Waals surface area (Å²) in [5.74, 6) is 1.02. The van der Waals surface area contributed by atoms with Crippen LogP contribution in [0.3, 0.4) is 0 Å². The summed E-state index contributed by atoms with van der Waals surface area (Å²) in [6, 6.07) is 0. The average molecular weight is 341 g/mol. The molecule has 2 nitrogen and oxygen atoms in total. The lowest BCUT2D eigenvalue weighted by Gasteiger charge is -2.23. The van der Waals surface area contributed by atoms with E-state index in [2.05, 4.69) is 22.6 Å². The molecule has 0 aliphatic heterocycles. The van der Waals surface area contributed by atoms with Gasteiger partial charge in [-0.3, -0.25) is 0 Å². The third-order valence-corrected chi connectivity index (χ3v) is 3.91. The number of rotatable bonds is 7. The van der Waals surface area contributed by atoms with Gasteiger partial charge in [-0.1, -0.05) is 22.6 Å². The highest BCUT2D eigenvalue weighted by Crippen LogP contribution is 2.15. The van der Waals surface area contributed by atoms with E-state index in [1.165, 1.54) is 0 Å². The highest BCUT2D eigenvalue weighted by atomic mass is 127. The largest absolute Gasteiger partial charge is 0.382 e. The van der Waals surface area contributed by atoms with E-state index in [0.717, 1.165) is 0 Å². The minimum atomic E-state index is 0.00455. The topological polar surface area (TPSA) is 18.5 Å². The molecule has 0 aromatic carbocycles. The van der Waals surface area contributed by atoms with Gasteiger partial charge in [0, 0.05) is 18.9 Å². The Bertz CT molecular complexity index is 127. The van der Waals surface area contributed by atoms with Gasteiger partial charge < -0.3 is 9.47 Å². The van der Waals surface area contributed by atoms with Crippen LogP contribution in [0, 0.1) is 0 Å². The van der Waals surface area contributed by atoms with Crippen molar-refractivity contribution in [1.82, 2.24) is 0 Å². The first-order valence-corrected chi connectivity index (χ1v) is 6.37. The summed E-state index contributed by atoms with van der Waals surface area (Å²) < 4.78 is 10.8. The molecule has 0 aromatic heterocycles. The minimum absolute atomic E-state index is 0.00455. The molecule has 0 aliphatic rings. The second-order valence-corrected chi connectivity index (χ2v) is 4.98. The fraction of sp³-hybridized carbons (Fsp3) is 1.00. The molecule has 0 aromatic rings. The van der Waals surface area contributed by atoms with E-state index in [9.17, 15) is 0 Å².